The van der Waals surface area contributed by atoms with Crippen LogP contribution >= 0.6 is 0 Å². The van der Waals surface area contributed by atoms with Crippen molar-refractivity contribution in [1.29, 1.82) is 0 Å². The molecule has 0 aromatic heterocycles. The van der Waals surface area contributed by atoms with E-state index in [-0.39, 0.29) is 24.3 Å². The molecule has 1 aromatic rings. The van der Waals surface area contributed by atoms with Gasteiger partial charge in [0.1, 0.15) is 0 Å². The van der Waals surface area contributed by atoms with Gasteiger partial charge < -0.3 is 9.64 Å². The highest BCUT2D eigenvalue weighted by molar-refractivity contribution is 5.78. The Morgan fingerprint density at radius 2 is 1.84 bits per heavy atom. The maximum atomic E-state index is 12.0. The quantitative estimate of drug-likeness (QED) is 0.741. The maximum Gasteiger partial charge on any atom is 0.307 e. The number of ether oxygens (including phenoxy) is 1. The zero-order chi connectivity index (χ0) is 14.3. The molecular formula is C15H21NO3. The summed E-state index contributed by atoms with van der Waals surface area (Å²) in [6, 6.07) is 9.33. The summed E-state index contributed by atoms with van der Waals surface area (Å²) in [6.45, 7) is 4.31. The van der Waals surface area contributed by atoms with Crippen molar-refractivity contribution in [1.82, 2.24) is 4.90 Å². The predicted molar refractivity (Wildman–Crippen MR) is 73.5 cm³/mol. The minimum absolute atomic E-state index is 0.0419. The lowest BCUT2D eigenvalue weighted by Crippen LogP contribution is -2.35. The standard InChI is InChI=1S/C15H21NO3/c1-4-14(17)16(5-2)13(11-15(18)19-3)12-9-7-6-8-10-12/h6-10,13H,4-5,11H2,1-3H3. The minimum Gasteiger partial charge on any atom is -0.469 e. The Bertz CT molecular complexity index is 417. The minimum atomic E-state index is -0.309. The molecule has 19 heavy (non-hydrogen) atoms. The van der Waals surface area contributed by atoms with Gasteiger partial charge in [-0.25, -0.2) is 0 Å². The van der Waals surface area contributed by atoms with Crippen LogP contribution in [0.25, 0.3) is 0 Å². The molecule has 0 radical (unpaired) electrons. The van der Waals surface area contributed by atoms with Crippen LogP contribution in [0.3, 0.4) is 0 Å². The number of benzene rings is 1. The SMILES string of the molecule is CCC(=O)N(CC)C(CC(=O)OC)c1ccccc1. The van der Waals surface area contributed by atoms with Gasteiger partial charge in [-0.2, -0.15) is 0 Å². The molecule has 0 spiro atoms. The third-order valence-electron chi connectivity index (χ3n) is 3.11. The van der Waals surface area contributed by atoms with E-state index in [4.69, 9.17) is 4.74 Å². The summed E-state index contributed by atoms with van der Waals surface area (Å²) in [6.07, 6.45) is 0.610. The van der Waals surface area contributed by atoms with Crippen molar-refractivity contribution in [3.05, 3.63) is 35.9 Å². The van der Waals surface area contributed by atoms with Crippen molar-refractivity contribution in [3.8, 4) is 0 Å². The van der Waals surface area contributed by atoms with E-state index in [1.54, 1.807) is 4.90 Å². The Labute approximate surface area is 114 Å². The average molecular weight is 263 g/mol. The molecule has 0 fully saturated rings. The Hall–Kier alpha value is -1.84. The molecule has 4 heteroatoms. The van der Waals surface area contributed by atoms with Crippen LogP contribution in [0, 0.1) is 0 Å². The van der Waals surface area contributed by atoms with E-state index in [0.29, 0.717) is 13.0 Å². The molecule has 0 bridgehead atoms. The number of hydrogen-bond donors (Lipinski definition) is 0. The topological polar surface area (TPSA) is 46.6 Å². The summed E-state index contributed by atoms with van der Waals surface area (Å²) in [4.78, 5) is 25.3. The number of esters is 1. The molecule has 0 saturated carbocycles. The molecule has 0 aliphatic carbocycles. The highest BCUT2D eigenvalue weighted by Crippen LogP contribution is 2.25. The first-order valence-corrected chi connectivity index (χ1v) is 6.55. The van der Waals surface area contributed by atoms with Crippen LogP contribution in [-0.2, 0) is 14.3 Å². The van der Waals surface area contributed by atoms with Crippen LogP contribution in [0.15, 0.2) is 30.3 Å². The number of carbonyl (C=O) groups excluding carboxylic acids is 2. The molecule has 1 rings (SSSR count). The lowest BCUT2D eigenvalue weighted by atomic mass is 10.0. The number of carbonyl (C=O) groups is 2. The van der Waals surface area contributed by atoms with Crippen molar-refractivity contribution >= 4 is 11.9 Å². The molecule has 1 amide bonds. The second-order valence-corrected chi connectivity index (χ2v) is 4.24. The molecule has 1 atom stereocenters. The van der Waals surface area contributed by atoms with Crippen LogP contribution in [0.2, 0.25) is 0 Å². The summed E-state index contributed by atoms with van der Waals surface area (Å²) in [5.74, 6) is -0.267. The molecular weight excluding hydrogens is 242 g/mol. The predicted octanol–water partition coefficient (Wildman–Crippen LogP) is 2.55. The molecule has 0 N–H and O–H groups in total. The van der Waals surface area contributed by atoms with E-state index in [1.807, 2.05) is 44.2 Å². The zero-order valence-corrected chi connectivity index (χ0v) is 11.8. The van der Waals surface area contributed by atoms with Gasteiger partial charge in [0.05, 0.1) is 19.6 Å². The zero-order valence-electron chi connectivity index (χ0n) is 11.8. The van der Waals surface area contributed by atoms with Crippen LogP contribution in [0.1, 0.15) is 38.3 Å². The Balaban J connectivity index is 3.03. The van der Waals surface area contributed by atoms with Gasteiger partial charge in [0.15, 0.2) is 0 Å². The smallest absolute Gasteiger partial charge is 0.307 e. The van der Waals surface area contributed by atoms with Gasteiger partial charge in [0, 0.05) is 13.0 Å². The van der Waals surface area contributed by atoms with E-state index in [9.17, 15) is 9.59 Å². The van der Waals surface area contributed by atoms with Crippen molar-refractivity contribution in [2.24, 2.45) is 0 Å². The number of amides is 1. The third kappa shape index (κ3) is 4.09. The third-order valence-corrected chi connectivity index (χ3v) is 3.11. The van der Waals surface area contributed by atoms with Crippen molar-refractivity contribution in [3.63, 3.8) is 0 Å². The summed E-state index contributed by atoms with van der Waals surface area (Å²) < 4.78 is 4.73. The van der Waals surface area contributed by atoms with Gasteiger partial charge in [-0.05, 0) is 12.5 Å². The van der Waals surface area contributed by atoms with E-state index in [2.05, 4.69) is 0 Å². The fourth-order valence-electron chi connectivity index (χ4n) is 2.10. The van der Waals surface area contributed by atoms with Gasteiger partial charge in [0.2, 0.25) is 5.91 Å². The Morgan fingerprint density at radius 1 is 1.21 bits per heavy atom. The molecule has 1 aromatic carbocycles. The first-order chi connectivity index (χ1) is 9.13. The number of rotatable bonds is 6. The van der Waals surface area contributed by atoms with Crippen LogP contribution in [-0.4, -0.2) is 30.4 Å². The van der Waals surface area contributed by atoms with Crippen LogP contribution in [0.4, 0.5) is 0 Å². The average Bonchev–Trinajstić information content (AvgIpc) is 2.47. The van der Waals surface area contributed by atoms with Crippen molar-refractivity contribution < 1.29 is 14.3 Å². The summed E-state index contributed by atoms with van der Waals surface area (Å²) in [7, 11) is 1.36. The number of hydrogen-bond acceptors (Lipinski definition) is 3. The van der Waals surface area contributed by atoms with Crippen molar-refractivity contribution in [2.45, 2.75) is 32.7 Å². The fraction of sp³-hybridized carbons (Fsp3) is 0.467. The second-order valence-electron chi connectivity index (χ2n) is 4.24. The molecule has 4 nitrogen and oxygen atoms in total. The molecule has 0 saturated heterocycles. The van der Waals surface area contributed by atoms with Gasteiger partial charge >= 0.3 is 5.97 Å². The highest BCUT2D eigenvalue weighted by Gasteiger charge is 2.25. The largest absolute Gasteiger partial charge is 0.469 e. The number of methoxy groups -OCH3 is 1. The number of nitrogens with zero attached hydrogens (tertiary/aromatic N) is 1. The van der Waals surface area contributed by atoms with E-state index in [0.717, 1.165) is 5.56 Å². The van der Waals surface area contributed by atoms with E-state index in [1.165, 1.54) is 7.11 Å². The molecule has 1 unspecified atom stereocenters. The second kappa shape index (κ2) is 7.56. The molecule has 104 valence electrons. The maximum absolute atomic E-state index is 12.0. The normalized spacial score (nSPS) is 11.7. The summed E-state index contributed by atoms with van der Waals surface area (Å²) in [5.41, 5.74) is 0.955. The molecule has 0 heterocycles. The van der Waals surface area contributed by atoms with Gasteiger partial charge in [-0.15, -0.1) is 0 Å². The molecule has 0 aliphatic heterocycles. The van der Waals surface area contributed by atoms with Crippen LogP contribution in [0.5, 0.6) is 0 Å². The summed E-state index contributed by atoms with van der Waals surface area (Å²) >= 11 is 0. The first kappa shape index (κ1) is 15.2. The lowest BCUT2D eigenvalue weighted by molar-refractivity contribution is -0.143. The fourth-order valence-corrected chi connectivity index (χ4v) is 2.10. The Kier molecular flexibility index (Phi) is 6.06. The van der Waals surface area contributed by atoms with E-state index >= 15 is 0 Å². The Morgan fingerprint density at radius 3 is 2.32 bits per heavy atom. The van der Waals surface area contributed by atoms with Gasteiger partial charge in [0.25, 0.3) is 0 Å². The first-order valence-electron chi connectivity index (χ1n) is 6.55. The van der Waals surface area contributed by atoms with Crippen molar-refractivity contribution in [2.75, 3.05) is 13.7 Å². The lowest BCUT2D eigenvalue weighted by Gasteiger charge is -2.30. The molecule has 0 aliphatic rings. The highest BCUT2D eigenvalue weighted by atomic mass is 16.5. The van der Waals surface area contributed by atoms with E-state index < -0.39 is 0 Å². The van der Waals surface area contributed by atoms with Gasteiger partial charge in [-0.3, -0.25) is 9.59 Å². The monoisotopic (exact) mass is 263 g/mol. The van der Waals surface area contributed by atoms with Gasteiger partial charge in [-0.1, -0.05) is 37.3 Å². The summed E-state index contributed by atoms with van der Waals surface area (Å²) in [5, 5.41) is 0. The van der Waals surface area contributed by atoms with Crippen LogP contribution < -0.4 is 0 Å².